The molecule has 13 heavy (non-hydrogen) atoms. The molecule has 1 amide bonds. The van der Waals surface area contributed by atoms with E-state index in [1.165, 1.54) is 0 Å². The average Bonchev–Trinajstić information content (AvgIpc) is 2.43. The van der Waals surface area contributed by atoms with Gasteiger partial charge >= 0.3 is 0 Å². The van der Waals surface area contributed by atoms with Crippen molar-refractivity contribution in [3.8, 4) is 0 Å². The molecule has 0 aliphatic carbocycles. The lowest BCUT2D eigenvalue weighted by molar-refractivity contribution is -0.115. The van der Waals surface area contributed by atoms with Crippen LogP contribution >= 0.6 is 31.9 Å². The van der Waals surface area contributed by atoms with E-state index in [4.69, 9.17) is 0 Å². The van der Waals surface area contributed by atoms with Gasteiger partial charge in [0.25, 0.3) is 0 Å². The SMILES string of the molecule is O=C1Cc2cc(Br)cc(CBr)c2N1. The average molecular weight is 305 g/mol. The number of halogens is 2. The third kappa shape index (κ3) is 1.65. The van der Waals surface area contributed by atoms with Gasteiger partial charge in [0, 0.05) is 15.5 Å². The molecular weight excluding hydrogens is 298 g/mol. The number of alkyl halides is 1. The van der Waals surface area contributed by atoms with Gasteiger partial charge in [-0.25, -0.2) is 0 Å². The summed E-state index contributed by atoms with van der Waals surface area (Å²) in [7, 11) is 0. The van der Waals surface area contributed by atoms with Gasteiger partial charge in [-0.1, -0.05) is 31.9 Å². The molecule has 0 radical (unpaired) electrons. The summed E-state index contributed by atoms with van der Waals surface area (Å²) in [5.74, 6) is 0.0790. The molecule has 1 N–H and O–H groups in total. The van der Waals surface area contributed by atoms with Gasteiger partial charge in [-0.3, -0.25) is 4.79 Å². The topological polar surface area (TPSA) is 29.1 Å². The van der Waals surface area contributed by atoms with Crippen LogP contribution in [0.2, 0.25) is 0 Å². The monoisotopic (exact) mass is 303 g/mol. The van der Waals surface area contributed by atoms with E-state index in [-0.39, 0.29) is 5.91 Å². The molecule has 1 aliphatic heterocycles. The molecule has 0 saturated carbocycles. The van der Waals surface area contributed by atoms with Crippen molar-refractivity contribution in [1.82, 2.24) is 0 Å². The molecule has 0 aromatic heterocycles. The van der Waals surface area contributed by atoms with Crippen LogP contribution in [0.1, 0.15) is 11.1 Å². The molecular formula is C9H7Br2NO. The summed E-state index contributed by atoms with van der Waals surface area (Å²) in [5.41, 5.74) is 3.18. The lowest BCUT2D eigenvalue weighted by Crippen LogP contribution is -2.04. The van der Waals surface area contributed by atoms with Crippen LogP contribution < -0.4 is 5.32 Å². The number of hydrogen-bond donors (Lipinski definition) is 1. The first-order valence-electron chi connectivity index (χ1n) is 3.88. The number of fused-ring (bicyclic) bond motifs is 1. The van der Waals surface area contributed by atoms with Crippen molar-refractivity contribution in [2.45, 2.75) is 11.8 Å². The molecule has 0 spiro atoms. The van der Waals surface area contributed by atoms with Crippen molar-refractivity contribution in [1.29, 1.82) is 0 Å². The minimum absolute atomic E-state index is 0.0790. The van der Waals surface area contributed by atoms with E-state index in [2.05, 4.69) is 37.2 Å². The Morgan fingerprint density at radius 3 is 2.92 bits per heavy atom. The van der Waals surface area contributed by atoms with Gasteiger partial charge in [-0.15, -0.1) is 0 Å². The van der Waals surface area contributed by atoms with Gasteiger partial charge in [0.15, 0.2) is 0 Å². The third-order valence-electron chi connectivity index (χ3n) is 2.03. The molecule has 1 heterocycles. The van der Waals surface area contributed by atoms with Crippen LogP contribution in [0.3, 0.4) is 0 Å². The minimum atomic E-state index is 0.0790. The molecule has 0 fully saturated rings. The predicted octanol–water partition coefficient (Wildman–Crippen LogP) is 2.84. The van der Waals surface area contributed by atoms with Crippen LogP contribution in [0, 0.1) is 0 Å². The summed E-state index contributed by atoms with van der Waals surface area (Å²) in [5, 5.41) is 3.61. The Morgan fingerprint density at radius 1 is 1.46 bits per heavy atom. The predicted molar refractivity (Wildman–Crippen MR) is 59.1 cm³/mol. The molecule has 4 heteroatoms. The summed E-state index contributed by atoms with van der Waals surface area (Å²) in [6.07, 6.45) is 0.495. The Hall–Kier alpha value is -0.350. The quantitative estimate of drug-likeness (QED) is 0.794. The number of benzene rings is 1. The van der Waals surface area contributed by atoms with Gasteiger partial charge in [-0.05, 0) is 23.3 Å². The van der Waals surface area contributed by atoms with E-state index in [0.717, 1.165) is 26.6 Å². The summed E-state index contributed by atoms with van der Waals surface area (Å²) in [6, 6.07) is 4.00. The fourth-order valence-corrected chi connectivity index (χ4v) is 2.48. The fraction of sp³-hybridized carbons (Fsp3) is 0.222. The second-order valence-corrected chi connectivity index (χ2v) is 4.43. The summed E-state index contributed by atoms with van der Waals surface area (Å²) in [6.45, 7) is 0. The van der Waals surface area contributed by atoms with Gasteiger partial charge in [-0.2, -0.15) is 0 Å². The van der Waals surface area contributed by atoms with Crippen molar-refractivity contribution in [2.75, 3.05) is 5.32 Å². The first-order valence-corrected chi connectivity index (χ1v) is 5.79. The van der Waals surface area contributed by atoms with Crippen LogP contribution in [-0.4, -0.2) is 5.91 Å². The lowest BCUT2D eigenvalue weighted by Gasteiger charge is -2.05. The number of carbonyl (C=O) groups is 1. The molecule has 2 nitrogen and oxygen atoms in total. The van der Waals surface area contributed by atoms with Crippen molar-refractivity contribution in [3.63, 3.8) is 0 Å². The largest absolute Gasteiger partial charge is 0.325 e. The van der Waals surface area contributed by atoms with Crippen LogP contribution in [0.5, 0.6) is 0 Å². The third-order valence-corrected chi connectivity index (χ3v) is 3.09. The van der Waals surface area contributed by atoms with E-state index < -0.39 is 0 Å². The van der Waals surface area contributed by atoms with Crippen molar-refractivity contribution in [3.05, 3.63) is 27.7 Å². The Bertz CT molecular complexity index is 376. The Balaban J connectivity index is 2.56. The first kappa shape index (κ1) is 9.21. The Kier molecular flexibility index (Phi) is 2.43. The fourth-order valence-electron chi connectivity index (χ4n) is 1.49. The summed E-state index contributed by atoms with van der Waals surface area (Å²) < 4.78 is 1.03. The van der Waals surface area contributed by atoms with Gasteiger partial charge in [0.2, 0.25) is 5.91 Å². The minimum Gasteiger partial charge on any atom is -0.325 e. The lowest BCUT2D eigenvalue weighted by atomic mass is 10.1. The summed E-state index contributed by atoms with van der Waals surface area (Å²) >= 11 is 6.81. The number of rotatable bonds is 1. The molecule has 2 rings (SSSR count). The Labute approximate surface area is 93.0 Å². The molecule has 1 aromatic rings. The normalized spacial score (nSPS) is 14.2. The second kappa shape index (κ2) is 3.42. The van der Waals surface area contributed by atoms with Gasteiger partial charge in [0.1, 0.15) is 0 Å². The highest BCUT2D eigenvalue weighted by Crippen LogP contribution is 2.32. The number of carbonyl (C=O) groups excluding carboxylic acids is 1. The molecule has 1 aromatic carbocycles. The van der Waals surface area contributed by atoms with Crippen molar-refractivity contribution in [2.24, 2.45) is 0 Å². The molecule has 0 saturated heterocycles. The number of anilines is 1. The van der Waals surface area contributed by atoms with E-state index in [1.807, 2.05) is 12.1 Å². The zero-order chi connectivity index (χ0) is 9.42. The highest BCUT2D eigenvalue weighted by atomic mass is 79.9. The maximum Gasteiger partial charge on any atom is 0.228 e. The van der Waals surface area contributed by atoms with E-state index >= 15 is 0 Å². The zero-order valence-electron chi connectivity index (χ0n) is 6.73. The van der Waals surface area contributed by atoms with Gasteiger partial charge in [0.05, 0.1) is 6.42 Å². The van der Waals surface area contributed by atoms with Crippen LogP contribution in [-0.2, 0) is 16.5 Å². The van der Waals surface area contributed by atoms with Crippen LogP contribution in [0.25, 0.3) is 0 Å². The smallest absolute Gasteiger partial charge is 0.228 e. The van der Waals surface area contributed by atoms with Gasteiger partial charge < -0.3 is 5.32 Å². The zero-order valence-corrected chi connectivity index (χ0v) is 9.91. The van der Waals surface area contributed by atoms with E-state index in [9.17, 15) is 4.79 Å². The molecule has 0 bridgehead atoms. The number of nitrogens with one attached hydrogen (secondary N) is 1. The van der Waals surface area contributed by atoms with Crippen molar-refractivity contribution < 1.29 is 4.79 Å². The van der Waals surface area contributed by atoms with Crippen LogP contribution in [0.4, 0.5) is 5.69 Å². The maximum absolute atomic E-state index is 11.1. The second-order valence-electron chi connectivity index (χ2n) is 2.96. The number of hydrogen-bond acceptors (Lipinski definition) is 1. The Morgan fingerprint density at radius 2 is 2.23 bits per heavy atom. The standard InChI is InChI=1S/C9H7Br2NO/c10-4-6-2-7(11)1-5-3-8(13)12-9(5)6/h1-2H,3-4H2,(H,12,13). The highest BCUT2D eigenvalue weighted by molar-refractivity contribution is 9.10. The first-order chi connectivity index (χ1) is 6.20. The summed E-state index contributed by atoms with van der Waals surface area (Å²) in [4.78, 5) is 11.1. The molecule has 1 aliphatic rings. The molecule has 68 valence electrons. The maximum atomic E-state index is 11.1. The molecule has 0 atom stereocenters. The van der Waals surface area contributed by atoms with E-state index in [0.29, 0.717) is 6.42 Å². The molecule has 0 unspecified atom stereocenters. The highest BCUT2D eigenvalue weighted by Gasteiger charge is 2.20. The van der Waals surface area contributed by atoms with E-state index in [1.54, 1.807) is 0 Å². The van der Waals surface area contributed by atoms with Crippen LogP contribution in [0.15, 0.2) is 16.6 Å². The number of amides is 1. The van der Waals surface area contributed by atoms with Crippen molar-refractivity contribution >= 4 is 43.5 Å².